The number of fused-ring (bicyclic) bond motifs is 3. The Balaban J connectivity index is 1.53. The Morgan fingerprint density at radius 1 is 1.06 bits per heavy atom. The molecule has 0 fully saturated rings. The summed E-state index contributed by atoms with van der Waals surface area (Å²) in [5.74, 6) is 2.48. The van der Waals surface area contributed by atoms with Crippen molar-refractivity contribution in [2.75, 3.05) is 13.7 Å². The number of hydrazone groups is 1. The van der Waals surface area contributed by atoms with Gasteiger partial charge < -0.3 is 14.2 Å². The van der Waals surface area contributed by atoms with E-state index in [2.05, 4.69) is 29.8 Å². The molecule has 5 nitrogen and oxygen atoms in total. The third kappa shape index (κ3) is 3.63. The van der Waals surface area contributed by atoms with Crippen LogP contribution in [0.1, 0.15) is 35.4 Å². The fraction of sp³-hybridized carbons (Fsp3) is 0.192. The minimum atomic E-state index is -0.319. The zero-order valence-corrected chi connectivity index (χ0v) is 17.4. The summed E-state index contributed by atoms with van der Waals surface area (Å²) in [6.07, 6.45) is 2.23. The van der Waals surface area contributed by atoms with Gasteiger partial charge in [0, 0.05) is 17.5 Å². The fourth-order valence-corrected chi connectivity index (χ4v) is 4.10. The molecule has 3 aromatic rings. The second-order valence-corrected chi connectivity index (χ2v) is 7.56. The maximum absolute atomic E-state index is 6.44. The first-order valence-corrected chi connectivity index (χ1v) is 10.4. The first-order valence-electron chi connectivity index (χ1n) is 10.4. The predicted molar refractivity (Wildman–Crippen MR) is 121 cm³/mol. The van der Waals surface area contributed by atoms with Gasteiger partial charge in [-0.25, -0.2) is 5.01 Å². The lowest BCUT2D eigenvalue weighted by Crippen LogP contribution is -2.33. The number of ether oxygens (including phenoxy) is 3. The van der Waals surface area contributed by atoms with Gasteiger partial charge in [0.1, 0.15) is 23.9 Å². The van der Waals surface area contributed by atoms with Crippen LogP contribution in [-0.4, -0.2) is 24.4 Å². The minimum Gasteiger partial charge on any atom is -0.497 e. The molecule has 2 atom stereocenters. The molecular formula is C26H24N2O3. The zero-order valence-electron chi connectivity index (χ0n) is 17.4. The maximum Gasteiger partial charge on any atom is 0.213 e. The predicted octanol–water partition coefficient (Wildman–Crippen LogP) is 5.50. The molecule has 0 unspecified atom stereocenters. The normalized spacial score (nSPS) is 19.0. The second kappa shape index (κ2) is 8.19. The molecule has 5 heteroatoms. The average Bonchev–Trinajstić information content (AvgIpc) is 3.29. The highest BCUT2D eigenvalue weighted by Crippen LogP contribution is 2.48. The Bertz CT molecular complexity index is 1110. The average molecular weight is 412 g/mol. The summed E-state index contributed by atoms with van der Waals surface area (Å²) in [6.45, 7) is 4.17. The van der Waals surface area contributed by atoms with E-state index in [-0.39, 0.29) is 12.3 Å². The first kappa shape index (κ1) is 19.2. The van der Waals surface area contributed by atoms with Gasteiger partial charge in [0.25, 0.3) is 0 Å². The van der Waals surface area contributed by atoms with Gasteiger partial charge in [0.05, 0.1) is 18.9 Å². The SMILES string of the molecule is C=CCOc1ccc([C@@H]2Oc3ccc(OC)cc3[C@H]3CC(c4ccccc4)=NN32)cc1. The second-order valence-electron chi connectivity index (χ2n) is 7.56. The van der Waals surface area contributed by atoms with Crippen LogP contribution in [0, 0.1) is 0 Å². The Labute approximate surface area is 182 Å². The van der Waals surface area contributed by atoms with E-state index >= 15 is 0 Å². The zero-order chi connectivity index (χ0) is 21.2. The molecule has 0 bridgehead atoms. The summed E-state index contributed by atoms with van der Waals surface area (Å²) >= 11 is 0. The first-order chi connectivity index (χ1) is 15.3. The van der Waals surface area contributed by atoms with Gasteiger partial charge in [0.15, 0.2) is 0 Å². The van der Waals surface area contributed by atoms with Crippen molar-refractivity contribution >= 4 is 5.71 Å². The van der Waals surface area contributed by atoms with Gasteiger partial charge in [0.2, 0.25) is 6.23 Å². The summed E-state index contributed by atoms with van der Waals surface area (Å²) in [6, 6.07) is 24.4. The van der Waals surface area contributed by atoms with Crippen LogP contribution in [0.4, 0.5) is 0 Å². The molecule has 0 aromatic heterocycles. The van der Waals surface area contributed by atoms with Gasteiger partial charge >= 0.3 is 0 Å². The Kier molecular flexibility index (Phi) is 5.08. The molecule has 0 radical (unpaired) electrons. The Morgan fingerprint density at radius 3 is 2.58 bits per heavy atom. The van der Waals surface area contributed by atoms with Crippen LogP contribution in [0.5, 0.6) is 17.2 Å². The Hall–Kier alpha value is -3.73. The number of nitrogens with zero attached hydrogens (tertiary/aromatic N) is 2. The summed E-state index contributed by atoms with van der Waals surface area (Å²) in [4.78, 5) is 0. The number of hydrogen-bond donors (Lipinski definition) is 0. The quantitative estimate of drug-likeness (QED) is 0.501. The van der Waals surface area contributed by atoms with E-state index in [4.69, 9.17) is 19.3 Å². The van der Waals surface area contributed by atoms with Gasteiger partial charge in [-0.2, -0.15) is 5.10 Å². The van der Waals surface area contributed by atoms with Gasteiger partial charge in [-0.3, -0.25) is 0 Å². The van der Waals surface area contributed by atoms with Crippen LogP contribution < -0.4 is 14.2 Å². The van der Waals surface area contributed by atoms with Crippen molar-refractivity contribution in [2.24, 2.45) is 5.10 Å². The molecule has 2 aliphatic heterocycles. The maximum atomic E-state index is 6.44. The molecule has 0 aliphatic carbocycles. The number of hydrogen-bond acceptors (Lipinski definition) is 5. The van der Waals surface area contributed by atoms with Crippen LogP contribution in [-0.2, 0) is 0 Å². The largest absolute Gasteiger partial charge is 0.497 e. The molecule has 5 rings (SSSR count). The van der Waals surface area contributed by atoms with Crippen LogP contribution in [0.25, 0.3) is 0 Å². The lowest BCUT2D eigenvalue weighted by atomic mass is 9.95. The highest BCUT2D eigenvalue weighted by atomic mass is 16.5. The van der Waals surface area contributed by atoms with E-state index in [0.717, 1.165) is 46.1 Å². The van der Waals surface area contributed by atoms with Crippen LogP contribution in [0.3, 0.4) is 0 Å². The van der Waals surface area contributed by atoms with Crippen molar-refractivity contribution in [3.05, 3.63) is 102 Å². The third-order valence-electron chi connectivity index (χ3n) is 5.64. The summed E-state index contributed by atoms with van der Waals surface area (Å²) in [5, 5.41) is 7.08. The van der Waals surface area contributed by atoms with Crippen molar-refractivity contribution in [3.63, 3.8) is 0 Å². The molecule has 0 saturated heterocycles. The molecule has 0 saturated carbocycles. The molecule has 0 N–H and O–H groups in total. The molecule has 31 heavy (non-hydrogen) atoms. The fourth-order valence-electron chi connectivity index (χ4n) is 4.10. The molecule has 0 spiro atoms. The smallest absolute Gasteiger partial charge is 0.213 e. The highest BCUT2D eigenvalue weighted by molar-refractivity contribution is 6.01. The van der Waals surface area contributed by atoms with E-state index in [9.17, 15) is 0 Å². The standard InChI is InChI=1S/C26H24N2O3/c1-3-15-30-20-11-9-19(10-12-20)26-28-24(17-23(27-28)18-7-5-4-6-8-18)22-16-21(29-2)13-14-25(22)31-26/h3-14,16,24,26H,1,15,17H2,2H3/t24-,26+/m1/s1. The topological polar surface area (TPSA) is 43.3 Å². The monoisotopic (exact) mass is 412 g/mol. The van der Waals surface area contributed by atoms with E-state index in [0.29, 0.717) is 6.61 Å². The van der Waals surface area contributed by atoms with Crippen molar-refractivity contribution < 1.29 is 14.2 Å². The molecule has 2 heterocycles. The summed E-state index contributed by atoms with van der Waals surface area (Å²) in [7, 11) is 1.68. The summed E-state index contributed by atoms with van der Waals surface area (Å²) < 4.78 is 17.5. The number of rotatable bonds is 6. The van der Waals surface area contributed by atoms with E-state index in [1.807, 2.05) is 54.6 Å². The lowest BCUT2D eigenvalue weighted by Gasteiger charge is -2.38. The highest BCUT2D eigenvalue weighted by Gasteiger charge is 2.41. The molecule has 0 amide bonds. The van der Waals surface area contributed by atoms with Crippen LogP contribution >= 0.6 is 0 Å². The molecular weight excluding hydrogens is 388 g/mol. The van der Waals surface area contributed by atoms with Crippen molar-refractivity contribution in [1.82, 2.24) is 5.01 Å². The number of methoxy groups -OCH3 is 1. The van der Waals surface area contributed by atoms with Crippen LogP contribution in [0.2, 0.25) is 0 Å². The van der Waals surface area contributed by atoms with E-state index < -0.39 is 0 Å². The van der Waals surface area contributed by atoms with Crippen molar-refractivity contribution in [1.29, 1.82) is 0 Å². The van der Waals surface area contributed by atoms with Gasteiger partial charge in [-0.1, -0.05) is 43.0 Å². The summed E-state index contributed by atoms with van der Waals surface area (Å²) in [5.41, 5.74) is 4.31. The van der Waals surface area contributed by atoms with Crippen LogP contribution in [0.15, 0.2) is 90.6 Å². The van der Waals surface area contributed by atoms with Gasteiger partial charge in [-0.05, 0) is 48.0 Å². The third-order valence-corrected chi connectivity index (χ3v) is 5.64. The van der Waals surface area contributed by atoms with E-state index in [1.54, 1.807) is 13.2 Å². The van der Waals surface area contributed by atoms with Gasteiger partial charge in [-0.15, -0.1) is 0 Å². The number of benzene rings is 3. The minimum absolute atomic E-state index is 0.0794. The van der Waals surface area contributed by atoms with Crippen molar-refractivity contribution in [3.8, 4) is 17.2 Å². The molecule has 2 aliphatic rings. The Morgan fingerprint density at radius 2 is 1.84 bits per heavy atom. The van der Waals surface area contributed by atoms with Crippen molar-refractivity contribution in [2.45, 2.75) is 18.7 Å². The molecule has 3 aromatic carbocycles. The molecule has 156 valence electrons. The van der Waals surface area contributed by atoms with E-state index in [1.165, 1.54) is 0 Å². The lowest BCUT2D eigenvalue weighted by molar-refractivity contribution is -0.0191.